The number of fused-ring (bicyclic) bond motifs is 3. The molecule has 4 aromatic rings. The number of methoxy groups -OCH3 is 1. The van der Waals surface area contributed by atoms with Crippen molar-refractivity contribution in [3.63, 3.8) is 0 Å². The predicted molar refractivity (Wildman–Crippen MR) is 133 cm³/mol. The van der Waals surface area contributed by atoms with Crippen LogP contribution in [0.25, 0.3) is 22.0 Å². The minimum atomic E-state index is -0.643. The second kappa shape index (κ2) is 9.16. The molecule has 0 radical (unpaired) electrons. The van der Waals surface area contributed by atoms with Gasteiger partial charge >= 0.3 is 5.76 Å². The Morgan fingerprint density at radius 3 is 2.51 bits per heavy atom. The van der Waals surface area contributed by atoms with Gasteiger partial charge in [-0.3, -0.25) is 4.57 Å². The minimum absolute atomic E-state index is 0.157. The van der Waals surface area contributed by atoms with E-state index in [1.54, 1.807) is 57.2 Å². The molecule has 0 spiro atoms. The van der Waals surface area contributed by atoms with Gasteiger partial charge in [0.05, 0.1) is 42.8 Å². The van der Waals surface area contributed by atoms with Gasteiger partial charge in [0.1, 0.15) is 17.0 Å². The highest BCUT2D eigenvalue weighted by atomic mass is 16.5. The Bertz CT molecular complexity index is 1580. The van der Waals surface area contributed by atoms with Crippen LogP contribution in [0.4, 0.5) is 0 Å². The molecule has 2 aromatic carbocycles. The smallest absolute Gasteiger partial charge is 0.420 e. The summed E-state index contributed by atoms with van der Waals surface area (Å²) >= 11 is 0. The van der Waals surface area contributed by atoms with E-state index in [9.17, 15) is 15.2 Å². The topological polar surface area (TPSA) is 149 Å². The molecular formula is C26H25N5O4. The number of nitriles is 1. The number of hydrogen-bond donors (Lipinski definition) is 3. The second-order valence-corrected chi connectivity index (χ2v) is 8.42. The number of aliphatic hydroxyl groups is 1. The van der Waals surface area contributed by atoms with Crippen molar-refractivity contribution < 1.29 is 14.3 Å². The normalized spacial score (nSPS) is 12.9. The molecule has 0 fully saturated rings. The first-order chi connectivity index (χ1) is 16.7. The summed E-state index contributed by atoms with van der Waals surface area (Å²) in [5.41, 5.74) is 3.46. The third-order valence-electron chi connectivity index (χ3n) is 6.21. The van der Waals surface area contributed by atoms with Gasteiger partial charge in [-0.2, -0.15) is 5.26 Å². The van der Waals surface area contributed by atoms with Crippen molar-refractivity contribution in [3.8, 4) is 11.8 Å². The van der Waals surface area contributed by atoms with Crippen LogP contribution in [0.1, 0.15) is 55.1 Å². The van der Waals surface area contributed by atoms with Gasteiger partial charge in [0.15, 0.2) is 5.58 Å². The van der Waals surface area contributed by atoms with Crippen molar-refractivity contribution in [2.24, 2.45) is 0 Å². The van der Waals surface area contributed by atoms with E-state index < -0.39 is 24.3 Å². The van der Waals surface area contributed by atoms with Gasteiger partial charge in [-0.05, 0) is 44.5 Å². The first-order valence-electron chi connectivity index (χ1n) is 11.0. The summed E-state index contributed by atoms with van der Waals surface area (Å²) in [5, 5.41) is 36.5. The molecule has 9 nitrogen and oxygen atoms in total. The maximum absolute atomic E-state index is 13.1. The number of oxazole rings is 1. The fourth-order valence-electron chi connectivity index (χ4n) is 4.65. The molecule has 4 rings (SSSR count). The molecule has 1 atom stereocenters. The molecule has 0 saturated heterocycles. The highest BCUT2D eigenvalue weighted by molar-refractivity contribution is 6.10. The van der Waals surface area contributed by atoms with E-state index in [0.29, 0.717) is 38.9 Å². The summed E-state index contributed by atoms with van der Waals surface area (Å²) in [5.74, 6) is -0.806. The molecule has 0 aliphatic rings. The molecule has 178 valence electrons. The van der Waals surface area contributed by atoms with E-state index >= 15 is 0 Å². The zero-order chi connectivity index (χ0) is 25.4. The molecular weight excluding hydrogens is 446 g/mol. The van der Waals surface area contributed by atoms with E-state index in [1.165, 1.54) is 11.7 Å². The van der Waals surface area contributed by atoms with Crippen molar-refractivity contribution in [1.82, 2.24) is 9.55 Å². The predicted octanol–water partition coefficient (Wildman–Crippen LogP) is 4.29. The van der Waals surface area contributed by atoms with Crippen molar-refractivity contribution in [2.75, 3.05) is 7.11 Å². The Kier molecular flexibility index (Phi) is 6.24. The quantitative estimate of drug-likeness (QED) is 0.342. The molecule has 3 N–H and O–H groups in total. The summed E-state index contributed by atoms with van der Waals surface area (Å²) in [6, 6.07) is 12.1. The first kappa shape index (κ1) is 23.9. The molecule has 2 aromatic heterocycles. The van der Waals surface area contributed by atoms with Gasteiger partial charge < -0.3 is 25.1 Å². The number of aliphatic hydroxyl groups excluding tert-OH is 1. The van der Waals surface area contributed by atoms with Crippen LogP contribution in [0.5, 0.6) is 5.75 Å². The number of ether oxygens (including phenoxy) is 1. The number of nitrogens with one attached hydrogen (secondary N) is 2. The maximum Gasteiger partial charge on any atom is 0.420 e. The lowest BCUT2D eigenvalue weighted by atomic mass is 9.89. The lowest BCUT2D eigenvalue weighted by Crippen LogP contribution is -2.20. The lowest BCUT2D eigenvalue weighted by molar-refractivity contribution is 0.277. The number of rotatable bonds is 7. The molecule has 35 heavy (non-hydrogen) atoms. The zero-order valence-corrected chi connectivity index (χ0v) is 19.8. The monoisotopic (exact) mass is 471 g/mol. The van der Waals surface area contributed by atoms with Gasteiger partial charge in [0, 0.05) is 22.4 Å². The Hall–Kier alpha value is -4.29. The van der Waals surface area contributed by atoms with E-state index in [2.05, 4.69) is 11.1 Å². The number of hydrogen-bond acceptors (Lipinski definition) is 8. The molecule has 0 bridgehead atoms. The average molecular weight is 472 g/mol. The van der Waals surface area contributed by atoms with Crippen molar-refractivity contribution >= 4 is 33.4 Å². The average Bonchev–Trinajstić information content (AvgIpc) is 3.19. The van der Waals surface area contributed by atoms with E-state index in [1.807, 2.05) is 0 Å². The van der Waals surface area contributed by atoms with Crippen LogP contribution in [-0.4, -0.2) is 33.2 Å². The number of nitrogens with zero attached hydrogens (tertiary/aromatic N) is 3. The van der Waals surface area contributed by atoms with Crippen molar-refractivity contribution in [2.45, 2.75) is 39.3 Å². The second-order valence-electron chi connectivity index (χ2n) is 8.42. The standard InChI is InChI=1S/C26H25N5O4/c1-13(28)23(14(2)29)19-9-20-18(10-22(19)34-4)24-25(21(12-32)30-20)35-26(33)31(24)15(3)17-8-6-5-7-16(17)11-27/h5-10,15,23,28-29,32H,12H2,1-4H3. The van der Waals surface area contributed by atoms with E-state index in [4.69, 9.17) is 20.0 Å². The molecule has 0 aliphatic carbocycles. The summed E-state index contributed by atoms with van der Waals surface area (Å²) < 4.78 is 12.7. The zero-order valence-electron chi connectivity index (χ0n) is 19.8. The Labute approximate surface area is 201 Å². The fraction of sp³-hybridized carbons (Fsp3) is 0.269. The third-order valence-corrected chi connectivity index (χ3v) is 6.21. The van der Waals surface area contributed by atoms with Crippen LogP contribution in [0, 0.1) is 22.1 Å². The summed E-state index contributed by atoms with van der Waals surface area (Å²) in [7, 11) is 1.50. The van der Waals surface area contributed by atoms with E-state index in [0.717, 1.165) is 0 Å². The molecule has 0 saturated carbocycles. The Balaban J connectivity index is 2.12. The van der Waals surface area contributed by atoms with Gasteiger partial charge in [-0.1, -0.05) is 18.2 Å². The third kappa shape index (κ3) is 3.88. The van der Waals surface area contributed by atoms with Gasteiger partial charge in [0.25, 0.3) is 0 Å². The highest BCUT2D eigenvalue weighted by Gasteiger charge is 2.27. The summed E-state index contributed by atoms with van der Waals surface area (Å²) in [6.07, 6.45) is 0. The van der Waals surface area contributed by atoms with Gasteiger partial charge in [-0.25, -0.2) is 9.78 Å². The van der Waals surface area contributed by atoms with Gasteiger partial charge in [-0.15, -0.1) is 0 Å². The van der Waals surface area contributed by atoms with Crippen LogP contribution in [-0.2, 0) is 6.61 Å². The van der Waals surface area contributed by atoms with Crippen molar-refractivity contribution in [1.29, 1.82) is 16.1 Å². The number of pyridine rings is 1. The minimum Gasteiger partial charge on any atom is -0.496 e. The summed E-state index contributed by atoms with van der Waals surface area (Å²) in [4.78, 5) is 17.6. The Morgan fingerprint density at radius 2 is 1.91 bits per heavy atom. The number of benzene rings is 2. The SMILES string of the molecule is COc1cc2c(cc1C(C(C)=N)C(C)=N)nc(CO)c1oc(=O)n(C(C)c3ccccc3C#N)c12. The molecule has 2 heterocycles. The lowest BCUT2D eigenvalue weighted by Gasteiger charge is -2.20. The van der Waals surface area contributed by atoms with Gasteiger partial charge in [0.2, 0.25) is 0 Å². The maximum atomic E-state index is 13.1. The van der Waals surface area contributed by atoms with Crippen LogP contribution in [0.2, 0.25) is 0 Å². The molecule has 9 heteroatoms. The largest absolute Gasteiger partial charge is 0.496 e. The van der Waals surface area contributed by atoms with Crippen LogP contribution in [0.15, 0.2) is 45.6 Å². The highest BCUT2D eigenvalue weighted by Crippen LogP contribution is 2.37. The van der Waals surface area contributed by atoms with Crippen LogP contribution in [0.3, 0.4) is 0 Å². The molecule has 1 unspecified atom stereocenters. The first-order valence-corrected chi connectivity index (χ1v) is 11.0. The van der Waals surface area contributed by atoms with Crippen LogP contribution >= 0.6 is 0 Å². The summed E-state index contributed by atoms with van der Waals surface area (Å²) in [6.45, 7) is 4.60. The molecule has 0 aliphatic heterocycles. The molecule has 0 amide bonds. The van der Waals surface area contributed by atoms with E-state index in [-0.39, 0.29) is 22.7 Å². The number of aromatic nitrogens is 2. The van der Waals surface area contributed by atoms with Crippen molar-refractivity contribution in [3.05, 3.63) is 69.3 Å². The fourth-order valence-corrected chi connectivity index (χ4v) is 4.65. The Morgan fingerprint density at radius 1 is 1.23 bits per heavy atom. The van der Waals surface area contributed by atoms with Crippen LogP contribution < -0.4 is 10.5 Å².